The molecule has 6 heteroatoms. The summed E-state index contributed by atoms with van der Waals surface area (Å²) >= 11 is 1.42. The third-order valence-electron chi connectivity index (χ3n) is 3.56. The van der Waals surface area contributed by atoms with Crippen LogP contribution in [0.5, 0.6) is 0 Å². The molecule has 0 aliphatic rings. The molecule has 1 aromatic carbocycles. The van der Waals surface area contributed by atoms with Gasteiger partial charge in [0.1, 0.15) is 0 Å². The highest BCUT2D eigenvalue weighted by Gasteiger charge is 2.14. The smallest absolute Gasteiger partial charge is 0.266 e. The minimum atomic E-state index is -0.116. The SMILES string of the molecule is COCc1ccsc1C(=O)Nc1ccc2cn(C(C)C)nc2c1. The number of carbonyl (C=O) groups excluding carboxylic acids is 1. The molecule has 23 heavy (non-hydrogen) atoms. The number of nitrogens with one attached hydrogen (secondary N) is 1. The third-order valence-corrected chi connectivity index (χ3v) is 4.52. The van der Waals surface area contributed by atoms with Crippen molar-refractivity contribution in [3.8, 4) is 0 Å². The third kappa shape index (κ3) is 3.28. The summed E-state index contributed by atoms with van der Waals surface area (Å²) < 4.78 is 7.05. The largest absolute Gasteiger partial charge is 0.380 e. The fourth-order valence-electron chi connectivity index (χ4n) is 2.37. The lowest BCUT2D eigenvalue weighted by molar-refractivity contribution is 0.102. The Morgan fingerprint density at radius 1 is 1.39 bits per heavy atom. The Morgan fingerprint density at radius 3 is 2.96 bits per heavy atom. The summed E-state index contributed by atoms with van der Waals surface area (Å²) in [6, 6.07) is 7.99. The average molecular weight is 329 g/mol. The van der Waals surface area contributed by atoms with Crippen molar-refractivity contribution < 1.29 is 9.53 Å². The van der Waals surface area contributed by atoms with Gasteiger partial charge in [0.2, 0.25) is 0 Å². The molecule has 0 atom stereocenters. The summed E-state index contributed by atoms with van der Waals surface area (Å²) in [5, 5.41) is 10.4. The average Bonchev–Trinajstić information content (AvgIpc) is 3.13. The van der Waals surface area contributed by atoms with Crippen LogP contribution < -0.4 is 5.32 Å². The van der Waals surface area contributed by atoms with Crippen LogP contribution in [0, 0.1) is 0 Å². The first-order chi connectivity index (χ1) is 11.1. The van der Waals surface area contributed by atoms with Crippen molar-refractivity contribution in [2.24, 2.45) is 0 Å². The summed E-state index contributed by atoms with van der Waals surface area (Å²) in [7, 11) is 1.62. The van der Waals surface area contributed by atoms with Crippen LogP contribution in [0.2, 0.25) is 0 Å². The van der Waals surface area contributed by atoms with Crippen molar-refractivity contribution in [1.82, 2.24) is 9.78 Å². The van der Waals surface area contributed by atoms with Crippen LogP contribution in [-0.2, 0) is 11.3 Å². The van der Waals surface area contributed by atoms with E-state index < -0.39 is 0 Å². The first kappa shape index (κ1) is 15.7. The molecule has 0 aliphatic carbocycles. The summed E-state index contributed by atoms with van der Waals surface area (Å²) in [5.41, 5.74) is 2.52. The number of ether oxygens (including phenoxy) is 1. The van der Waals surface area contributed by atoms with Crippen LogP contribution in [0.25, 0.3) is 10.9 Å². The second-order valence-corrected chi connectivity index (χ2v) is 6.55. The molecule has 2 heterocycles. The molecule has 0 saturated heterocycles. The van der Waals surface area contributed by atoms with Gasteiger partial charge >= 0.3 is 0 Å². The molecule has 0 fully saturated rings. The second-order valence-electron chi connectivity index (χ2n) is 5.64. The number of anilines is 1. The van der Waals surface area contributed by atoms with Gasteiger partial charge in [0.05, 0.1) is 17.0 Å². The second kappa shape index (κ2) is 6.52. The van der Waals surface area contributed by atoms with Gasteiger partial charge in [0.15, 0.2) is 0 Å². The first-order valence-corrected chi connectivity index (χ1v) is 8.32. The molecule has 0 aliphatic heterocycles. The van der Waals surface area contributed by atoms with Crippen molar-refractivity contribution in [3.05, 3.63) is 46.3 Å². The molecule has 0 saturated carbocycles. The van der Waals surface area contributed by atoms with Crippen LogP contribution >= 0.6 is 11.3 Å². The highest BCUT2D eigenvalue weighted by molar-refractivity contribution is 7.12. The standard InChI is InChI=1S/C17H19N3O2S/c1-11(2)20-9-12-4-5-14(8-15(12)19-20)18-17(21)16-13(10-22-3)6-7-23-16/h4-9,11H,10H2,1-3H3,(H,18,21). The fourth-order valence-corrected chi connectivity index (χ4v) is 3.17. The highest BCUT2D eigenvalue weighted by Crippen LogP contribution is 2.22. The van der Waals surface area contributed by atoms with E-state index in [0.29, 0.717) is 17.5 Å². The van der Waals surface area contributed by atoms with Gasteiger partial charge in [0, 0.05) is 36.0 Å². The van der Waals surface area contributed by atoms with E-state index in [1.165, 1.54) is 11.3 Å². The molecule has 1 N–H and O–H groups in total. The summed E-state index contributed by atoms with van der Waals surface area (Å²) in [5.74, 6) is -0.116. The number of benzene rings is 1. The maximum atomic E-state index is 12.4. The Balaban J connectivity index is 1.83. The molecule has 5 nitrogen and oxygen atoms in total. The van der Waals surface area contributed by atoms with Gasteiger partial charge in [-0.1, -0.05) is 0 Å². The predicted octanol–water partition coefficient (Wildman–Crippen LogP) is 4.08. The van der Waals surface area contributed by atoms with Crippen LogP contribution in [0.1, 0.15) is 35.1 Å². The van der Waals surface area contributed by atoms with Gasteiger partial charge in [-0.3, -0.25) is 9.48 Å². The van der Waals surface area contributed by atoms with E-state index in [1.54, 1.807) is 7.11 Å². The van der Waals surface area contributed by atoms with E-state index in [-0.39, 0.29) is 5.91 Å². The Bertz CT molecular complexity index is 835. The normalized spacial score (nSPS) is 11.3. The monoisotopic (exact) mass is 329 g/mol. The van der Waals surface area contributed by atoms with Gasteiger partial charge in [-0.2, -0.15) is 5.10 Å². The van der Waals surface area contributed by atoms with Crippen molar-refractivity contribution in [1.29, 1.82) is 0 Å². The Kier molecular flexibility index (Phi) is 4.45. The molecule has 1 amide bonds. The van der Waals surface area contributed by atoms with Gasteiger partial charge in [-0.05, 0) is 43.5 Å². The number of carbonyl (C=O) groups is 1. The van der Waals surface area contributed by atoms with E-state index in [9.17, 15) is 4.79 Å². The molecule has 120 valence electrons. The van der Waals surface area contributed by atoms with Crippen LogP contribution in [0.15, 0.2) is 35.8 Å². The van der Waals surface area contributed by atoms with Crippen molar-refractivity contribution in [2.75, 3.05) is 12.4 Å². The van der Waals surface area contributed by atoms with Crippen molar-refractivity contribution in [2.45, 2.75) is 26.5 Å². The van der Waals surface area contributed by atoms with Gasteiger partial charge in [0.25, 0.3) is 5.91 Å². The number of methoxy groups -OCH3 is 1. The zero-order valence-electron chi connectivity index (χ0n) is 13.4. The summed E-state index contributed by atoms with van der Waals surface area (Å²) in [4.78, 5) is 13.1. The summed E-state index contributed by atoms with van der Waals surface area (Å²) in [6.07, 6.45) is 2.02. The molecule has 0 bridgehead atoms. The van der Waals surface area contributed by atoms with Gasteiger partial charge in [-0.25, -0.2) is 0 Å². The minimum Gasteiger partial charge on any atom is -0.380 e. The minimum absolute atomic E-state index is 0.116. The van der Waals surface area contributed by atoms with E-state index in [1.807, 2.05) is 40.5 Å². The number of hydrogen-bond donors (Lipinski definition) is 1. The molecular formula is C17H19N3O2S. The number of hydrogen-bond acceptors (Lipinski definition) is 4. The Hall–Kier alpha value is -2.18. The van der Waals surface area contributed by atoms with Crippen LogP contribution in [0.4, 0.5) is 5.69 Å². The summed E-state index contributed by atoms with van der Waals surface area (Å²) in [6.45, 7) is 4.61. The lowest BCUT2D eigenvalue weighted by Gasteiger charge is -2.06. The van der Waals surface area contributed by atoms with Crippen LogP contribution in [0.3, 0.4) is 0 Å². The number of amides is 1. The topological polar surface area (TPSA) is 56.1 Å². The maximum Gasteiger partial charge on any atom is 0.266 e. The number of aromatic nitrogens is 2. The number of thiophene rings is 1. The number of nitrogens with zero attached hydrogens (tertiary/aromatic N) is 2. The quantitative estimate of drug-likeness (QED) is 0.767. The molecule has 0 spiro atoms. The van der Waals surface area contributed by atoms with E-state index >= 15 is 0 Å². The molecule has 0 radical (unpaired) electrons. The molecule has 3 rings (SSSR count). The zero-order valence-corrected chi connectivity index (χ0v) is 14.2. The lowest BCUT2D eigenvalue weighted by atomic mass is 10.2. The first-order valence-electron chi connectivity index (χ1n) is 7.44. The van der Waals surface area contributed by atoms with Crippen molar-refractivity contribution in [3.63, 3.8) is 0 Å². The Labute approximate surface area is 138 Å². The predicted molar refractivity (Wildman–Crippen MR) is 93.1 cm³/mol. The zero-order chi connectivity index (χ0) is 16.4. The van der Waals surface area contributed by atoms with Crippen molar-refractivity contribution >= 4 is 33.8 Å². The van der Waals surface area contributed by atoms with Gasteiger partial charge in [-0.15, -0.1) is 11.3 Å². The van der Waals surface area contributed by atoms with Crippen LogP contribution in [-0.4, -0.2) is 22.8 Å². The fraction of sp³-hybridized carbons (Fsp3) is 0.294. The highest BCUT2D eigenvalue weighted by atomic mass is 32.1. The lowest BCUT2D eigenvalue weighted by Crippen LogP contribution is -2.12. The number of rotatable bonds is 5. The van der Waals surface area contributed by atoms with E-state index in [4.69, 9.17) is 4.74 Å². The Morgan fingerprint density at radius 2 is 2.22 bits per heavy atom. The maximum absolute atomic E-state index is 12.4. The number of fused-ring (bicyclic) bond motifs is 1. The van der Waals surface area contributed by atoms with Gasteiger partial charge < -0.3 is 10.1 Å². The van der Waals surface area contributed by atoms with E-state index in [2.05, 4.69) is 24.3 Å². The molecule has 2 aromatic heterocycles. The molecule has 3 aromatic rings. The van der Waals surface area contributed by atoms with E-state index in [0.717, 1.165) is 22.2 Å². The molecule has 0 unspecified atom stereocenters. The molecular weight excluding hydrogens is 310 g/mol.